The lowest BCUT2D eigenvalue weighted by molar-refractivity contribution is -0.116. The molecule has 2 aromatic rings. The van der Waals surface area contributed by atoms with Crippen molar-refractivity contribution in [2.45, 2.75) is 26.3 Å². The number of aromatic nitrogens is 4. The number of carbonyl (C=O) groups excluding carboxylic acids is 1. The van der Waals surface area contributed by atoms with Gasteiger partial charge in [0.25, 0.3) is 0 Å². The number of tetrazole rings is 1. The highest BCUT2D eigenvalue weighted by Crippen LogP contribution is 2.18. The fraction of sp³-hybridized carbons (Fsp3) is 0.385. The predicted octanol–water partition coefficient (Wildman–Crippen LogP) is 0.989. The second-order valence-corrected chi connectivity index (χ2v) is 4.68. The van der Waals surface area contributed by atoms with E-state index < -0.39 is 0 Å². The molecule has 2 N–H and O–H groups in total. The number of para-hydroxylation sites is 2. The Morgan fingerprint density at radius 3 is 2.85 bits per heavy atom. The van der Waals surface area contributed by atoms with Crippen LogP contribution in [-0.4, -0.2) is 38.7 Å². The van der Waals surface area contributed by atoms with Crippen molar-refractivity contribution in [3.63, 3.8) is 0 Å². The van der Waals surface area contributed by atoms with Crippen LogP contribution < -0.4 is 10.6 Å². The zero-order valence-corrected chi connectivity index (χ0v) is 11.6. The lowest BCUT2D eigenvalue weighted by Gasteiger charge is -2.11. The molecule has 1 amide bonds. The van der Waals surface area contributed by atoms with Gasteiger partial charge >= 0.3 is 0 Å². The van der Waals surface area contributed by atoms with E-state index in [1.165, 1.54) is 11.0 Å². The first-order valence-electron chi connectivity index (χ1n) is 6.52. The molecule has 1 aromatic heterocycles. The highest BCUT2D eigenvalue weighted by atomic mass is 16.1. The van der Waals surface area contributed by atoms with Crippen LogP contribution in [0.15, 0.2) is 30.6 Å². The van der Waals surface area contributed by atoms with Gasteiger partial charge in [0.1, 0.15) is 6.33 Å². The molecule has 0 bridgehead atoms. The van der Waals surface area contributed by atoms with E-state index in [1.807, 2.05) is 38.1 Å². The fourth-order valence-electron chi connectivity index (χ4n) is 1.74. The number of nitrogens with one attached hydrogen (secondary N) is 2. The topological polar surface area (TPSA) is 84.7 Å². The number of hydrogen-bond acceptors (Lipinski definition) is 5. The van der Waals surface area contributed by atoms with E-state index in [4.69, 9.17) is 0 Å². The van der Waals surface area contributed by atoms with E-state index in [9.17, 15) is 4.79 Å². The highest BCUT2D eigenvalue weighted by molar-refractivity contribution is 5.92. The third-order valence-corrected chi connectivity index (χ3v) is 2.68. The highest BCUT2D eigenvalue weighted by Gasteiger charge is 2.08. The molecule has 7 nitrogen and oxygen atoms in total. The molecular weight excluding hydrogens is 256 g/mol. The van der Waals surface area contributed by atoms with Gasteiger partial charge in [-0.15, -0.1) is 5.10 Å². The van der Waals surface area contributed by atoms with E-state index in [1.54, 1.807) is 0 Å². The van der Waals surface area contributed by atoms with Crippen molar-refractivity contribution >= 4 is 11.6 Å². The maximum absolute atomic E-state index is 11.9. The molecule has 20 heavy (non-hydrogen) atoms. The van der Waals surface area contributed by atoms with Gasteiger partial charge < -0.3 is 10.6 Å². The van der Waals surface area contributed by atoms with Gasteiger partial charge in [0.15, 0.2) is 0 Å². The van der Waals surface area contributed by atoms with Crippen molar-refractivity contribution < 1.29 is 4.79 Å². The zero-order chi connectivity index (χ0) is 14.4. The van der Waals surface area contributed by atoms with Gasteiger partial charge in [0.2, 0.25) is 5.91 Å². The van der Waals surface area contributed by atoms with E-state index in [-0.39, 0.29) is 5.91 Å². The minimum absolute atomic E-state index is 0.0429. The molecule has 0 aliphatic heterocycles. The van der Waals surface area contributed by atoms with Crippen LogP contribution in [-0.2, 0) is 4.79 Å². The summed E-state index contributed by atoms with van der Waals surface area (Å²) in [6, 6.07) is 7.77. The second kappa shape index (κ2) is 6.76. The minimum atomic E-state index is -0.0429. The van der Waals surface area contributed by atoms with Gasteiger partial charge in [-0.3, -0.25) is 4.79 Å². The average Bonchev–Trinajstić information content (AvgIpc) is 2.92. The van der Waals surface area contributed by atoms with Crippen molar-refractivity contribution in [1.82, 2.24) is 25.5 Å². The molecule has 0 atom stereocenters. The Morgan fingerprint density at radius 2 is 2.15 bits per heavy atom. The first-order chi connectivity index (χ1) is 9.66. The molecule has 106 valence electrons. The summed E-state index contributed by atoms with van der Waals surface area (Å²) in [6.45, 7) is 4.74. The molecule has 2 rings (SSSR count). The molecule has 0 aliphatic rings. The first kappa shape index (κ1) is 14.1. The van der Waals surface area contributed by atoms with Crippen LogP contribution in [0.5, 0.6) is 0 Å². The Kier molecular flexibility index (Phi) is 4.78. The van der Waals surface area contributed by atoms with Crippen molar-refractivity contribution in [2.75, 3.05) is 11.9 Å². The van der Waals surface area contributed by atoms with Crippen LogP contribution in [0.3, 0.4) is 0 Å². The zero-order valence-electron chi connectivity index (χ0n) is 11.6. The van der Waals surface area contributed by atoms with Crippen LogP contribution >= 0.6 is 0 Å². The van der Waals surface area contributed by atoms with Crippen LogP contribution in [0.4, 0.5) is 5.69 Å². The van der Waals surface area contributed by atoms with Gasteiger partial charge in [0.05, 0.1) is 11.4 Å². The van der Waals surface area contributed by atoms with Crippen LogP contribution in [0.25, 0.3) is 5.69 Å². The van der Waals surface area contributed by atoms with Crippen molar-refractivity contribution in [1.29, 1.82) is 0 Å². The summed E-state index contributed by atoms with van der Waals surface area (Å²) < 4.78 is 1.52. The predicted molar refractivity (Wildman–Crippen MR) is 75.5 cm³/mol. The average molecular weight is 274 g/mol. The Morgan fingerprint density at radius 1 is 1.35 bits per heavy atom. The summed E-state index contributed by atoms with van der Waals surface area (Å²) in [5, 5.41) is 17.1. The van der Waals surface area contributed by atoms with Gasteiger partial charge in [-0.1, -0.05) is 26.0 Å². The number of hydrogen-bond donors (Lipinski definition) is 2. The first-order valence-corrected chi connectivity index (χ1v) is 6.52. The minimum Gasteiger partial charge on any atom is -0.324 e. The molecule has 0 spiro atoms. The maximum atomic E-state index is 11.9. The summed E-state index contributed by atoms with van der Waals surface area (Å²) in [5.41, 5.74) is 1.43. The molecule has 7 heteroatoms. The van der Waals surface area contributed by atoms with Gasteiger partial charge in [-0.05, 0) is 22.6 Å². The summed E-state index contributed by atoms with van der Waals surface area (Å²) in [4.78, 5) is 11.9. The van der Waals surface area contributed by atoms with E-state index in [0.717, 1.165) is 5.69 Å². The Hall–Kier alpha value is -2.28. The SMILES string of the molecule is CC(C)NCCC(=O)Nc1ccccc1-n1cnnn1. The van der Waals surface area contributed by atoms with Crippen LogP contribution in [0.1, 0.15) is 20.3 Å². The standard InChI is InChI=1S/C13H18N6O/c1-10(2)14-8-7-13(20)16-11-5-3-4-6-12(11)19-9-15-17-18-19/h3-6,9-10,14H,7-8H2,1-2H3,(H,16,20). The van der Waals surface area contributed by atoms with Crippen LogP contribution in [0, 0.1) is 0 Å². The number of carbonyl (C=O) groups is 1. The maximum Gasteiger partial charge on any atom is 0.225 e. The van der Waals surface area contributed by atoms with Crippen molar-refractivity contribution in [2.24, 2.45) is 0 Å². The van der Waals surface area contributed by atoms with Gasteiger partial charge in [-0.2, -0.15) is 4.68 Å². The lowest BCUT2D eigenvalue weighted by Crippen LogP contribution is -2.27. The number of anilines is 1. The summed E-state index contributed by atoms with van der Waals surface area (Å²) >= 11 is 0. The quantitative estimate of drug-likeness (QED) is 0.820. The lowest BCUT2D eigenvalue weighted by atomic mass is 10.2. The molecule has 0 saturated heterocycles. The second-order valence-electron chi connectivity index (χ2n) is 4.68. The largest absolute Gasteiger partial charge is 0.324 e. The smallest absolute Gasteiger partial charge is 0.225 e. The molecule has 1 aromatic carbocycles. The van der Waals surface area contributed by atoms with E-state index >= 15 is 0 Å². The fourth-order valence-corrected chi connectivity index (χ4v) is 1.74. The molecule has 0 radical (unpaired) electrons. The van der Waals surface area contributed by atoms with Gasteiger partial charge in [0, 0.05) is 19.0 Å². The number of nitrogens with zero attached hydrogens (tertiary/aromatic N) is 4. The number of rotatable bonds is 6. The third kappa shape index (κ3) is 3.86. The van der Waals surface area contributed by atoms with Crippen molar-refractivity contribution in [3.8, 4) is 5.69 Å². The Balaban J connectivity index is 2.01. The third-order valence-electron chi connectivity index (χ3n) is 2.68. The normalized spacial score (nSPS) is 10.8. The Bertz CT molecular complexity index is 552. The molecule has 0 aliphatic carbocycles. The van der Waals surface area contributed by atoms with E-state index in [2.05, 4.69) is 26.2 Å². The summed E-state index contributed by atoms with van der Waals surface area (Å²) in [5.74, 6) is -0.0429. The Labute approximate surface area is 117 Å². The number of benzene rings is 1. The summed E-state index contributed by atoms with van der Waals surface area (Å²) in [6.07, 6.45) is 1.91. The number of amides is 1. The molecule has 0 fully saturated rings. The molecule has 0 unspecified atom stereocenters. The van der Waals surface area contributed by atoms with Crippen LogP contribution in [0.2, 0.25) is 0 Å². The summed E-state index contributed by atoms with van der Waals surface area (Å²) in [7, 11) is 0. The molecule has 0 saturated carbocycles. The van der Waals surface area contributed by atoms with Crippen molar-refractivity contribution in [3.05, 3.63) is 30.6 Å². The monoisotopic (exact) mass is 274 g/mol. The molecular formula is C13H18N6O. The van der Waals surface area contributed by atoms with E-state index in [0.29, 0.717) is 24.7 Å². The molecule has 1 heterocycles. The van der Waals surface area contributed by atoms with Gasteiger partial charge in [-0.25, -0.2) is 0 Å².